The van der Waals surface area contributed by atoms with Gasteiger partial charge in [0.05, 0.1) is 5.52 Å². The number of halogens is 1. The molecule has 0 atom stereocenters. The Hall–Kier alpha value is -2.46. The van der Waals surface area contributed by atoms with Crippen molar-refractivity contribution >= 4 is 22.7 Å². The predicted molar refractivity (Wildman–Crippen MR) is 104 cm³/mol. The molecule has 3 heterocycles. The van der Waals surface area contributed by atoms with E-state index in [1.807, 2.05) is 24.5 Å². The van der Waals surface area contributed by atoms with Gasteiger partial charge in [-0.15, -0.1) is 0 Å². The fourth-order valence-electron chi connectivity index (χ4n) is 4.44. The molecular formula is C22H22FN3. The van der Waals surface area contributed by atoms with Crippen molar-refractivity contribution in [2.75, 3.05) is 13.6 Å². The molecule has 26 heavy (non-hydrogen) atoms. The standard InChI is InChI=1S/C22H22FN3/c1-25-9-7-22-20(14-25)19-10-15(11-23)2-5-21(19)26(22)13-17-4-3-16-12-24-8-6-18(16)17/h2,5-6,8,10,12-13H,3-4,7,9,11,14H2,1H3/b17-13+. The number of nitrogens with zero attached hydrogens (tertiary/aromatic N) is 3. The SMILES string of the molecule is CN1CCc2c(c3cc(CF)ccc3n2/C=C2\CCc3cnccc32)C1. The summed E-state index contributed by atoms with van der Waals surface area (Å²) < 4.78 is 15.6. The summed E-state index contributed by atoms with van der Waals surface area (Å²) in [4.78, 5) is 6.61. The summed E-state index contributed by atoms with van der Waals surface area (Å²) >= 11 is 0. The van der Waals surface area contributed by atoms with Gasteiger partial charge in [-0.2, -0.15) is 0 Å². The zero-order chi connectivity index (χ0) is 17.7. The summed E-state index contributed by atoms with van der Waals surface area (Å²) in [7, 11) is 2.16. The van der Waals surface area contributed by atoms with E-state index in [2.05, 4.69) is 39.8 Å². The van der Waals surface area contributed by atoms with Gasteiger partial charge < -0.3 is 9.47 Å². The Morgan fingerprint density at radius 3 is 3.00 bits per heavy atom. The van der Waals surface area contributed by atoms with E-state index in [0.717, 1.165) is 37.9 Å². The highest BCUT2D eigenvalue weighted by molar-refractivity contribution is 5.91. The van der Waals surface area contributed by atoms with Crippen molar-refractivity contribution < 1.29 is 4.39 Å². The van der Waals surface area contributed by atoms with Crippen LogP contribution in [-0.4, -0.2) is 28.0 Å². The van der Waals surface area contributed by atoms with Gasteiger partial charge in [-0.05, 0) is 65.9 Å². The topological polar surface area (TPSA) is 21.1 Å². The Bertz CT molecular complexity index is 1030. The van der Waals surface area contributed by atoms with E-state index < -0.39 is 6.67 Å². The molecule has 0 radical (unpaired) electrons. The molecule has 4 heteroatoms. The highest BCUT2D eigenvalue weighted by atomic mass is 19.1. The Kier molecular flexibility index (Phi) is 3.68. The molecule has 0 bridgehead atoms. The van der Waals surface area contributed by atoms with E-state index in [4.69, 9.17) is 0 Å². The van der Waals surface area contributed by atoms with Crippen LogP contribution in [0.4, 0.5) is 4.39 Å². The zero-order valence-corrected chi connectivity index (χ0v) is 15.0. The highest BCUT2D eigenvalue weighted by Gasteiger charge is 2.23. The summed E-state index contributed by atoms with van der Waals surface area (Å²) in [6.45, 7) is 1.58. The summed E-state index contributed by atoms with van der Waals surface area (Å²) in [6, 6.07) is 8.16. The van der Waals surface area contributed by atoms with Crippen molar-refractivity contribution in [1.29, 1.82) is 0 Å². The smallest absolute Gasteiger partial charge is 0.115 e. The van der Waals surface area contributed by atoms with Crippen molar-refractivity contribution in [3.8, 4) is 0 Å². The molecule has 0 fully saturated rings. The van der Waals surface area contributed by atoms with E-state index in [-0.39, 0.29) is 0 Å². The molecule has 0 N–H and O–H groups in total. The van der Waals surface area contributed by atoms with E-state index in [0.29, 0.717) is 0 Å². The van der Waals surface area contributed by atoms with Crippen LogP contribution in [0.2, 0.25) is 0 Å². The molecular weight excluding hydrogens is 325 g/mol. The molecule has 132 valence electrons. The van der Waals surface area contributed by atoms with Gasteiger partial charge in [0, 0.05) is 49.2 Å². The molecule has 1 aromatic carbocycles. The van der Waals surface area contributed by atoms with Crippen LogP contribution in [0.15, 0.2) is 36.7 Å². The van der Waals surface area contributed by atoms with Crippen molar-refractivity contribution in [2.24, 2.45) is 0 Å². The zero-order valence-electron chi connectivity index (χ0n) is 15.0. The summed E-state index contributed by atoms with van der Waals surface area (Å²) in [5.41, 5.74) is 8.72. The van der Waals surface area contributed by atoms with Gasteiger partial charge in [-0.3, -0.25) is 4.98 Å². The predicted octanol–water partition coefficient (Wildman–Crippen LogP) is 4.44. The maximum atomic E-state index is 13.2. The maximum absolute atomic E-state index is 13.2. The van der Waals surface area contributed by atoms with Crippen LogP contribution < -0.4 is 0 Å². The van der Waals surface area contributed by atoms with Crippen LogP contribution in [-0.2, 0) is 26.1 Å². The summed E-state index contributed by atoms with van der Waals surface area (Å²) in [5.74, 6) is 0. The second kappa shape index (κ2) is 6.06. The van der Waals surface area contributed by atoms with Gasteiger partial charge in [0.15, 0.2) is 0 Å². The number of likely N-dealkylation sites (N-methyl/N-ethyl adjacent to an activating group) is 1. The highest BCUT2D eigenvalue weighted by Crippen LogP contribution is 2.36. The molecule has 0 spiro atoms. The van der Waals surface area contributed by atoms with E-state index in [1.54, 1.807) is 0 Å². The number of allylic oxidation sites excluding steroid dienone is 1. The monoisotopic (exact) mass is 347 g/mol. The number of pyridine rings is 1. The van der Waals surface area contributed by atoms with Crippen molar-refractivity contribution in [2.45, 2.75) is 32.5 Å². The van der Waals surface area contributed by atoms with Crippen LogP contribution in [0, 0.1) is 0 Å². The van der Waals surface area contributed by atoms with Gasteiger partial charge in [0.25, 0.3) is 0 Å². The van der Waals surface area contributed by atoms with Gasteiger partial charge in [-0.25, -0.2) is 4.39 Å². The minimum Gasteiger partial charge on any atom is -0.320 e. The normalized spacial score (nSPS) is 18.5. The lowest BCUT2D eigenvalue weighted by Crippen LogP contribution is -2.26. The molecule has 0 unspecified atom stereocenters. The average molecular weight is 347 g/mol. The number of fused-ring (bicyclic) bond motifs is 4. The molecule has 0 saturated carbocycles. The minimum absolute atomic E-state index is 0.410. The van der Waals surface area contributed by atoms with E-state index in [9.17, 15) is 4.39 Å². The average Bonchev–Trinajstić information content (AvgIpc) is 3.21. The number of aromatic nitrogens is 2. The van der Waals surface area contributed by atoms with E-state index >= 15 is 0 Å². The number of hydrogen-bond donors (Lipinski definition) is 0. The Morgan fingerprint density at radius 2 is 2.12 bits per heavy atom. The van der Waals surface area contributed by atoms with Crippen LogP contribution in [0.1, 0.15) is 34.4 Å². The molecule has 0 amide bonds. The van der Waals surface area contributed by atoms with Crippen molar-refractivity contribution in [3.63, 3.8) is 0 Å². The molecule has 5 rings (SSSR count). The lowest BCUT2D eigenvalue weighted by molar-refractivity contribution is 0.312. The fraction of sp³-hybridized carbons (Fsp3) is 0.318. The second-order valence-corrected chi connectivity index (χ2v) is 7.46. The number of hydrogen-bond acceptors (Lipinski definition) is 2. The third-order valence-electron chi connectivity index (χ3n) is 5.80. The third-order valence-corrected chi connectivity index (χ3v) is 5.80. The van der Waals surface area contributed by atoms with E-state index in [1.165, 1.54) is 38.9 Å². The maximum Gasteiger partial charge on any atom is 0.115 e. The number of benzene rings is 1. The minimum atomic E-state index is -0.410. The number of alkyl halides is 1. The van der Waals surface area contributed by atoms with Crippen molar-refractivity contribution in [3.05, 3.63) is 64.6 Å². The summed E-state index contributed by atoms with van der Waals surface area (Å²) in [6.07, 6.45) is 9.32. The molecule has 1 aliphatic heterocycles. The van der Waals surface area contributed by atoms with Gasteiger partial charge in [-0.1, -0.05) is 6.07 Å². The summed E-state index contributed by atoms with van der Waals surface area (Å²) in [5, 5.41) is 1.20. The first-order chi connectivity index (χ1) is 12.7. The van der Waals surface area contributed by atoms with Crippen LogP contribution in [0.5, 0.6) is 0 Å². The largest absolute Gasteiger partial charge is 0.320 e. The molecule has 0 saturated heterocycles. The third kappa shape index (κ3) is 2.40. The fourth-order valence-corrected chi connectivity index (χ4v) is 4.44. The van der Waals surface area contributed by atoms with Crippen LogP contribution >= 0.6 is 0 Å². The Labute approximate surface area is 152 Å². The quantitative estimate of drug-likeness (QED) is 0.683. The Morgan fingerprint density at radius 1 is 1.19 bits per heavy atom. The molecule has 3 nitrogen and oxygen atoms in total. The molecule has 2 aliphatic rings. The van der Waals surface area contributed by atoms with Gasteiger partial charge in [0.1, 0.15) is 6.67 Å². The first kappa shape index (κ1) is 15.8. The lowest BCUT2D eigenvalue weighted by atomic mass is 10.0. The molecule has 1 aliphatic carbocycles. The van der Waals surface area contributed by atoms with Gasteiger partial charge in [0.2, 0.25) is 0 Å². The molecule has 3 aromatic rings. The van der Waals surface area contributed by atoms with Gasteiger partial charge >= 0.3 is 0 Å². The van der Waals surface area contributed by atoms with Crippen LogP contribution in [0.3, 0.4) is 0 Å². The number of rotatable bonds is 2. The first-order valence-corrected chi connectivity index (χ1v) is 9.27. The Balaban J connectivity index is 1.72. The second-order valence-electron chi connectivity index (χ2n) is 7.46. The lowest BCUT2D eigenvalue weighted by Gasteiger charge is -2.23. The van der Waals surface area contributed by atoms with Crippen molar-refractivity contribution in [1.82, 2.24) is 14.5 Å². The first-order valence-electron chi connectivity index (χ1n) is 9.27. The molecule has 2 aromatic heterocycles. The van der Waals surface area contributed by atoms with Crippen LogP contribution in [0.25, 0.3) is 22.7 Å². The number of aryl methyl sites for hydroxylation is 1.